The van der Waals surface area contributed by atoms with Crippen molar-refractivity contribution in [3.8, 4) is 10.7 Å². The maximum atomic E-state index is 4.23. The van der Waals surface area contributed by atoms with Gasteiger partial charge < -0.3 is 4.98 Å². The lowest BCUT2D eigenvalue weighted by atomic mass is 10.4. The van der Waals surface area contributed by atoms with E-state index in [1.54, 1.807) is 11.3 Å². The number of nitrogens with one attached hydrogen (secondary N) is 1. The Hall–Kier alpha value is -1.16. The Morgan fingerprint density at radius 2 is 2.17 bits per heavy atom. The first-order valence-electron chi connectivity index (χ1n) is 3.69. The average Bonchev–Trinajstić information content (AvgIpc) is 2.58. The highest BCUT2D eigenvalue weighted by Crippen LogP contribution is 2.23. The zero-order chi connectivity index (χ0) is 8.55. The molecule has 0 spiro atoms. The Morgan fingerprint density at radius 3 is 2.67 bits per heavy atom. The van der Waals surface area contributed by atoms with Gasteiger partial charge in [0, 0.05) is 11.9 Å². The molecule has 12 heavy (non-hydrogen) atoms. The van der Waals surface area contributed by atoms with Crippen molar-refractivity contribution in [2.45, 2.75) is 13.8 Å². The highest BCUT2D eigenvalue weighted by molar-refractivity contribution is 7.13. The van der Waals surface area contributed by atoms with Crippen molar-refractivity contribution < 1.29 is 0 Å². The van der Waals surface area contributed by atoms with Gasteiger partial charge in [0.05, 0.1) is 16.1 Å². The van der Waals surface area contributed by atoms with E-state index in [2.05, 4.69) is 15.0 Å². The van der Waals surface area contributed by atoms with Crippen molar-refractivity contribution >= 4 is 11.3 Å². The van der Waals surface area contributed by atoms with Gasteiger partial charge in [0.15, 0.2) is 0 Å². The van der Waals surface area contributed by atoms with E-state index in [9.17, 15) is 0 Å². The molecule has 0 atom stereocenters. The molecule has 4 heteroatoms. The SMILES string of the molecule is Cc1cnc(-c2scnc2C)[nH]1. The van der Waals surface area contributed by atoms with E-state index in [1.807, 2.05) is 25.6 Å². The molecule has 2 aromatic heterocycles. The lowest BCUT2D eigenvalue weighted by molar-refractivity contribution is 1.22. The monoisotopic (exact) mass is 179 g/mol. The van der Waals surface area contributed by atoms with Gasteiger partial charge in [0.25, 0.3) is 0 Å². The van der Waals surface area contributed by atoms with Crippen LogP contribution >= 0.6 is 11.3 Å². The first kappa shape index (κ1) is 7.49. The van der Waals surface area contributed by atoms with E-state index in [0.717, 1.165) is 22.1 Å². The van der Waals surface area contributed by atoms with Gasteiger partial charge in [0.2, 0.25) is 0 Å². The smallest absolute Gasteiger partial charge is 0.149 e. The minimum absolute atomic E-state index is 0.924. The summed E-state index contributed by atoms with van der Waals surface area (Å²) < 4.78 is 0. The van der Waals surface area contributed by atoms with Gasteiger partial charge in [-0.1, -0.05) is 0 Å². The Labute approximate surface area is 74.5 Å². The molecule has 0 unspecified atom stereocenters. The van der Waals surface area contributed by atoms with Crippen molar-refractivity contribution in [2.24, 2.45) is 0 Å². The molecule has 0 aliphatic rings. The topological polar surface area (TPSA) is 41.6 Å². The first-order chi connectivity index (χ1) is 5.77. The van der Waals surface area contributed by atoms with Crippen molar-refractivity contribution in [3.63, 3.8) is 0 Å². The third-order valence-electron chi connectivity index (χ3n) is 1.66. The molecule has 0 bridgehead atoms. The summed E-state index contributed by atoms with van der Waals surface area (Å²) in [5.74, 6) is 0.924. The molecular formula is C8H9N3S. The van der Waals surface area contributed by atoms with Crippen LogP contribution in [0.25, 0.3) is 10.7 Å². The van der Waals surface area contributed by atoms with Gasteiger partial charge in [-0.2, -0.15) is 0 Å². The van der Waals surface area contributed by atoms with Gasteiger partial charge in [-0.25, -0.2) is 9.97 Å². The van der Waals surface area contributed by atoms with Crippen LogP contribution in [-0.2, 0) is 0 Å². The van der Waals surface area contributed by atoms with Gasteiger partial charge in [-0.15, -0.1) is 11.3 Å². The highest BCUT2D eigenvalue weighted by atomic mass is 32.1. The molecule has 0 amide bonds. The number of imidazole rings is 1. The third kappa shape index (κ3) is 1.14. The number of aromatic amines is 1. The largest absolute Gasteiger partial charge is 0.341 e. The number of nitrogens with zero attached hydrogens (tertiary/aromatic N) is 2. The molecule has 1 N–H and O–H groups in total. The number of hydrogen-bond acceptors (Lipinski definition) is 3. The average molecular weight is 179 g/mol. The Bertz CT molecular complexity index is 388. The van der Waals surface area contributed by atoms with Crippen LogP contribution in [0.5, 0.6) is 0 Å². The predicted molar refractivity (Wildman–Crippen MR) is 49.2 cm³/mol. The second kappa shape index (κ2) is 2.71. The molecule has 0 aliphatic heterocycles. The summed E-state index contributed by atoms with van der Waals surface area (Å²) in [5.41, 5.74) is 3.95. The zero-order valence-corrected chi connectivity index (χ0v) is 7.77. The van der Waals surface area contributed by atoms with Crippen LogP contribution in [0.15, 0.2) is 11.7 Å². The van der Waals surface area contributed by atoms with E-state index < -0.39 is 0 Å². The normalized spacial score (nSPS) is 10.5. The van der Waals surface area contributed by atoms with Crippen LogP contribution in [-0.4, -0.2) is 15.0 Å². The molecule has 2 aromatic rings. The fraction of sp³-hybridized carbons (Fsp3) is 0.250. The van der Waals surface area contributed by atoms with Crippen molar-refractivity contribution in [1.29, 1.82) is 0 Å². The molecular weight excluding hydrogens is 170 g/mol. The molecule has 0 saturated heterocycles. The number of aryl methyl sites for hydroxylation is 2. The lowest BCUT2D eigenvalue weighted by Crippen LogP contribution is -1.79. The van der Waals surface area contributed by atoms with Crippen LogP contribution in [0.1, 0.15) is 11.4 Å². The van der Waals surface area contributed by atoms with E-state index in [1.165, 1.54) is 0 Å². The molecule has 2 heterocycles. The predicted octanol–water partition coefficient (Wildman–Crippen LogP) is 2.15. The van der Waals surface area contributed by atoms with Crippen LogP contribution in [0.4, 0.5) is 0 Å². The summed E-state index contributed by atoms with van der Waals surface area (Å²) in [4.78, 5) is 12.7. The molecule has 62 valence electrons. The summed E-state index contributed by atoms with van der Waals surface area (Å²) in [7, 11) is 0. The molecule has 0 radical (unpaired) electrons. The highest BCUT2D eigenvalue weighted by Gasteiger charge is 2.06. The molecule has 0 fully saturated rings. The second-order valence-corrected chi connectivity index (χ2v) is 3.54. The van der Waals surface area contributed by atoms with E-state index >= 15 is 0 Å². The Balaban J connectivity index is 2.50. The maximum Gasteiger partial charge on any atom is 0.149 e. The van der Waals surface area contributed by atoms with Crippen LogP contribution in [0.3, 0.4) is 0 Å². The summed E-state index contributed by atoms with van der Waals surface area (Å²) in [6.07, 6.45) is 1.83. The third-order valence-corrected chi connectivity index (χ3v) is 2.60. The number of rotatable bonds is 1. The molecule has 3 nitrogen and oxygen atoms in total. The van der Waals surface area contributed by atoms with Crippen LogP contribution in [0, 0.1) is 13.8 Å². The van der Waals surface area contributed by atoms with Gasteiger partial charge in [-0.05, 0) is 13.8 Å². The Kier molecular flexibility index (Phi) is 1.69. The summed E-state index contributed by atoms with van der Waals surface area (Å²) in [5, 5.41) is 0. The number of hydrogen-bond donors (Lipinski definition) is 1. The number of thiazole rings is 1. The number of H-pyrrole nitrogens is 1. The van der Waals surface area contributed by atoms with Gasteiger partial charge >= 0.3 is 0 Å². The fourth-order valence-electron chi connectivity index (χ4n) is 1.06. The Morgan fingerprint density at radius 1 is 1.33 bits per heavy atom. The van der Waals surface area contributed by atoms with E-state index in [-0.39, 0.29) is 0 Å². The van der Waals surface area contributed by atoms with Crippen LogP contribution < -0.4 is 0 Å². The zero-order valence-electron chi connectivity index (χ0n) is 6.96. The molecule has 0 saturated carbocycles. The second-order valence-electron chi connectivity index (χ2n) is 2.68. The quantitative estimate of drug-likeness (QED) is 0.728. The first-order valence-corrected chi connectivity index (χ1v) is 4.57. The number of aromatic nitrogens is 3. The van der Waals surface area contributed by atoms with Crippen molar-refractivity contribution in [2.75, 3.05) is 0 Å². The lowest BCUT2D eigenvalue weighted by Gasteiger charge is -1.90. The minimum atomic E-state index is 0.924. The molecule has 2 rings (SSSR count). The maximum absolute atomic E-state index is 4.23. The standard InChI is InChI=1S/C8H9N3S/c1-5-3-9-8(11-5)7-6(2)10-4-12-7/h3-4H,1-2H3,(H,9,11). The van der Waals surface area contributed by atoms with Crippen molar-refractivity contribution in [1.82, 2.24) is 15.0 Å². The van der Waals surface area contributed by atoms with Gasteiger partial charge in [-0.3, -0.25) is 0 Å². The van der Waals surface area contributed by atoms with E-state index in [0.29, 0.717) is 0 Å². The summed E-state index contributed by atoms with van der Waals surface area (Å²) >= 11 is 1.61. The minimum Gasteiger partial charge on any atom is -0.341 e. The summed E-state index contributed by atoms with van der Waals surface area (Å²) in [6.45, 7) is 3.98. The molecule has 0 aromatic carbocycles. The van der Waals surface area contributed by atoms with E-state index in [4.69, 9.17) is 0 Å². The van der Waals surface area contributed by atoms with Gasteiger partial charge in [0.1, 0.15) is 5.82 Å². The van der Waals surface area contributed by atoms with Crippen molar-refractivity contribution in [3.05, 3.63) is 23.1 Å². The molecule has 0 aliphatic carbocycles. The van der Waals surface area contributed by atoms with Crippen LogP contribution in [0.2, 0.25) is 0 Å². The summed E-state index contributed by atoms with van der Waals surface area (Å²) in [6, 6.07) is 0. The fourth-order valence-corrected chi connectivity index (χ4v) is 1.81.